The number of aryl methyl sites for hydroxylation is 1. The predicted octanol–water partition coefficient (Wildman–Crippen LogP) is 11.3. The molecule has 47 heavy (non-hydrogen) atoms. The van der Waals surface area contributed by atoms with Crippen LogP contribution in [0.5, 0.6) is 0 Å². The number of carbonyl (C=O) groups is 1. The molecule has 2 heterocycles. The maximum absolute atomic E-state index is 11.7. The first-order valence-corrected chi connectivity index (χ1v) is 25.1. The monoisotopic (exact) mass is 890 g/mol. The maximum Gasteiger partial charge on any atom is 0 e. The molecule has 7 heteroatoms. The van der Waals surface area contributed by atoms with Gasteiger partial charge < -0.3 is 5.11 Å². The number of aliphatic hydroxyl groups excluding tert-OH is 1. The van der Waals surface area contributed by atoms with Crippen LogP contribution >= 0.6 is 11.3 Å². The third kappa shape index (κ3) is 8.62. The van der Waals surface area contributed by atoms with Gasteiger partial charge in [0.05, 0.1) is 5.76 Å². The number of allylic oxidation sites excluding steroid dienone is 2. The summed E-state index contributed by atoms with van der Waals surface area (Å²) in [5.41, 5.74) is 5.90. The van der Waals surface area contributed by atoms with Crippen LogP contribution in [0, 0.1) is 24.8 Å². The Labute approximate surface area is 302 Å². The Bertz CT molecular complexity index is 1860. The molecule has 0 saturated heterocycles. The minimum atomic E-state index is -1.94. The van der Waals surface area contributed by atoms with Gasteiger partial charge in [0.1, 0.15) is 0 Å². The molecule has 0 saturated carbocycles. The van der Waals surface area contributed by atoms with E-state index < -0.39 is 13.3 Å². The number of hydrogen-bond donors (Lipinski definition) is 1. The van der Waals surface area contributed by atoms with E-state index in [2.05, 4.69) is 86.6 Å². The van der Waals surface area contributed by atoms with Crippen molar-refractivity contribution in [3.8, 4) is 11.3 Å². The van der Waals surface area contributed by atoms with Crippen LogP contribution in [0.3, 0.4) is 0 Å². The molecule has 5 rings (SSSR count). The quantitative estimate of drug-likeness (QED) is 0.0657. The normalized spacial score (nSPS) is 12.2. The van der Waals surface area contributed by atoms with Gasteiger partial charge in [0.25, 0.3) is 0 Å². The summed E-state index contributed by atoms with van der Waals surface area (Å²) in [6, 6.07) is 19.1. The summed E-state index contributed by atoms with van der Waals surface area (Å²) in [7, 11) is 0. The molecule has 5 aromatic rings. The number of hydrogen-bond acceptors (Lipinski definition) is 5. The molecular formula is C40H51GeIrN2O2S-. The van der Waals surface area contributed by atoms with Crippen molar-refractivity contribution in [3.05, 3.63) is 77.8 Å². The second kappa shape index (κ2) is 16.8. The van der Waals surface area contributed by atoms with Crippen LogP contribution in [0.15, 0.2) is 60.6 Å². The molecular weight excluding hydrogens is 837 g/mol. The summed E-state index contributed by atoms with van der Waals surface area (Å²) in [5, 5.41) is 13.4. The fraction of sp³-hybridized carbons (Fsp3) is 0.425. The van der Waals surface area contributed by atoms with Crippen LogP contribution in [-0.2, 0) is 24.9 Å². The molecule has 0 aliphatic carbocycles. The molecule has 2 aromatic heterocycles. The summed E-state index contributed by atoms with van der Waals surface area (Å²) < 4.78 is 4.10. The van der Waals surface area contributed by atoms with Crippen molar-refractivity contribution in [1.82, 2.24) is 9.97 Å². The van der Waals surface area contributed by atoms with Crippen molar-refractivity contribution in [2.24, 2.45) is 11.8 Å². The van der Waals surface area contributed by atoms with E-state index in [0.29, 0.717) is 5.92 Å². The first kappa shape index (κ1) is 39.1. The minimum Gasteiger partial charge on any atom is 0 e. The van der Waals surface area contributed by atoms with Crippen molar-refractivity contribution < 1.29 is 30.0 Å². The molecule has 0 aliphatic heterocycles. The average molecular weight is 889 g/mol. The van der Waals surface area contributed by atoms with Crippen molar-refractivity contribution >= 4 is 65.9 Å². The zero-order valence-electron chi connectivity index (χ0n) is 29.7. The fourth-order valence-corrected chi connectivity index (χ4v) is 11.7. The number of aliphatic hydroxyl groups is 1. The van der Waals surface area contributed by atoms with Crippen LogP contribution in [-0.4, -0.2) is 34.1 Å². The number of benzene rings is 3. The van der Waals surface area contributed by atoms with Crippen LogP contribution in [0.2, 0.25) is 17.3 Å². The standard InChI is InChI=1S/C27H27GeN2S.C13H24O2.Ir/c1-16(2)22-14-19(13-18-9-7-8-10-20(18)22)24-27-25(30-15-29-24)21-11-12-23(28(4,5)6)17(3)26(21)31-27;1-5-10(6-2)12(14)9-13(15)11(7-3)8-4;/h7-12,14-16H,1-6H3;9-11,14H,5-8H2,1-4H3;/q-1;;/b;12-9-;. The van der Waals surface area contributed by atoms with Gasteiger partial charge in [0.2, 0.25) is 0 Å². The molecule has 1 N–H and O–H groups in total. The molecule has 0 amide bonds. The third-order valence-electron chi connectivity index (χ3n) is 9.24. The third-order valence-corrected chi connectivity index (χ3v) is 15.1. The second-order valence-electron chi connectivity index (χ2n) is 13.7. The molecule has 1 radical (unpaired) electrons. The van der Waals surface area contributed by atoms with Crippen molar-refractivity contribution in [1.29, 1.82) is 0 Å². The van der Waals surface area contributed by atoms with E-state index in [4.69, 9.17) is 9.97 Å². The summed E-state index contributed by atoms with van der Waals surface area (Å²) in [6.45, 7) is 14.9. The fourth-order valence-electron chi connectivity index (χ4n) is 6.42. The zero-order valence-corrected chi connectivity index (χ0v) is 35.1. The number of nitrogens with zero attached hydrogens (tertiary/aromatic N) is 2. The van der Waals surface area contributed by atoms with Gasteiger partial charge in [-0.15, -0.1) is 0 Å². The number of ketones is 1. The predicted molar refractivity (Wildman–Crippen MR) is 202 cm³/mol. The Hall–Kier alpha value is -2.38. The molecule has 253 valence electrons. The minimum absolute atomic E-state index is 0. The van der Waals surface area contributed by atoms with E-state index in [9.17, 15) is 9.90 Å². The molecule has 0 aliphatic rings. The Morgan fingerprint density at radius 1 is 0.915 bits per heavy atom. The van der Waals surface area contributed by atoms with Gasteiger partial charge in [-0.25, -0.2) is 0 Å². The molecule has 0 fully saturated rings. The van der Waals surface area contributed by atoms with Gasteiger partial charge >= 0.3 is 191 Å². The van der Waals surface area contributed by atoms with Crippen LogP contribution in [0.1, 0.15) is 84.3 Å². The zero-order chi connectivity index (χ0) is 33.8. The molecule has 0 unspecified atom stereocenters. The Balaban J connectivity index is 0.000000322. The van der Waals surface area contributed by atoms with E-state index in [1.807, 2.05) is 39.0 Å². The molecule has 0 spiro atoms. The van der Waals surface area contributed by atoms with Gasteiger partial charge in [-0.1, -0.05) is 27.7 Å². The average Bonchev–Trinajstić information content (AvgIpc) is 3.41. The Morgan fingerprint density at radius 3 is 2.15 bits per heavy atom. The summed E-state index contributed by atoms with van der Waals surface area (Å²) in [4.78, 5) is 21.2. The Morgan fingerprint density at radius 2 is 1.55 bits per heavy atom. The largest absolute Gasteiger partial charge is 0 e. The summed E-state index contributed by atoms with van der Waals surface area (Å²) in [5.74, 6) is 8.37. The van der Waals surface area contributed by atoms with E-state index >= 15 is 0 Å². The van der Waals surface area contributed by atoms with Gasteiger partial charge in [0.15, 0.2) is 5.78 Å². The van der Waals surface area contributed by atoms with Crippen molar-refractivity contribution in [2.45, 2.75) is 97.3 Å². The molecule has 4 nitrogen and oxygen atoms in total. The number of fused-ring (bicyclic) bond motifs is 4. The molecule has 0 bridgehead atoms. The number of aromatic nitrogens is 2. The maximum atomic E-state index is 11.7. The van der Waals surface area contributed by atoms with E-state index in [0.717, 1.165) is 47.8 Å². The van der Waals surface area contributed by atoms with Crippen LogP contribution < -0.4 is 4.40 Å². The second-order valence-corrected chi connectivity index (χ2v) is 25.3. The number of carbonyl (C=O) groups excluding carboxylic acids is 1. The van der Waals surface area contributed by atoms with Crippen LogP contribution in [0.25, 0.3) is 42.3 Å². The van der Waals surface area contributed by atoms with Crippen molar-refractivity contribution in [2.75, 3.05) is 0 Å². The summed E-state index contributed by atoms with van der Waals surface area (Å²) >= 11 is -0.0951. The van der Waals surface area contributed by atoms with Gasteiger partial charge in [-0.3, -0.25) is 4.79 Å². The van der Waals surface area contributed by atoms with Crippen molar-refractivity contribution in [3.63, 3.8) is 0 Å². The first-order chi connectivity index (χ1) is 21.9. The molecule has 0 atom stereocenters. The Kier molecular flexibility index (Phi) is 14.0. The first-order valence-electron chi connectivity index (χ1n) is 16.9. The SMILES string of the molecule is CCC(CC)C(=O)/C=C(\O)C(CC)CC.Cc1[c]([Ge]([CH3])([CH3])[CH3])ccc2c1sc1c(-c3[c-]c4ccccc4c(C(C)C)c3)ncnc12.[Ir]. The van der Waals surface area contributed by atoms with Gasteiger partial charge in [-0.05, 0) is 25.7 Å². The van der Waals surface area contributed by atoms with Gasteiger partial charge in [-0.2, -0.15) is 0 Å². The number of rotatable bonds is 10. The van der Waals surface area contributed by atoms with Crippen LogP contribution in [0.4, 0.5) is 0 Å². The van der Waals surface area contributed by atoms with E-state index in [-0.39, 0.29) is 43.5 Å². The van der Waals surface area contributed by atoms with E-state index in [1.54, 1.807) is 10.7 Å². The number of thiophene rings is 1. The topological polar surface area (TPSA) is 63.1 Å². The summed E-state index contributed by atoms with van der Waals surface area (Å²) in [6.07, 6.45) is 6.62. The smallest absolute Gasteiger partial charge is 0 e. The molecule has 3 aromatic carbocycles. The van der Waals surface area contributed by atoms with Gasteiger partial charge in [0, 0.05) is 38.0 Å². The van der Waals surface area contributed by atoms with E-state index in [1.165, 1.54) is 37.4 Å².